The highest BCUT2D eigenvalue weighted by Crippen LogP contribution is 2.34. The van der Waals surface area contributed by atoms with Gasteiger partial charge in [0.15, 0.2) is 11.6 Å². The van der Waals surface area contributed by atoms with Crippen molar-refractivity contribution in [3.8, 4) is 11.5 Å². The van der Waals surface area contributed by atoms with E-state index < -0.39 is 5.91 Å². The summed E-state index contributed by atoms with van der Waals surface area (Å²) in [5, 5.41) is 11.3. The fraction of sp³-hybridized carbons (Fsp3) is 0.182. The second-order valence-corrected chi connectivity index (χ2v) is 7.28. The van der Waals surface area contributed by atoms with Gasteiger partial charge in [0, 0.05) is 32.8 Å². The second-order valence-electron chi connectivity index (χ2n) is 7.28. The predicted octanol–water partition coefficient (Wildman–Crippen LogP) is 3.62. The molecule has 0 saturated heterocycles. The van der Waals surface area contributed by atoms with Crippen molar-refractivity contribution in [3.05, 3.63) is 65.5 Å². The fourth-order valence-electron chi connectivity index (χ4n) is 2.97. The quantitative estimate of drug-likeness (QED) is 0.530. The van der Waals surface area contributed by atoms with Gasteiger partial charge in [0.25, 0.3) is 11.8 Å². The minimum Gasteiger partial charge on any atom is -0.457 e. The molecule has 2 amide bonds. The average Bonchev–Trinajstić information content (AvgIpc) is 3.35. The molecule has 0 aliphatic carbocycles. The average molecular weight is 419 g/mol. The topological polar surface area (TPSA) is 102 Å². The number of aromatic nitrogens is 3. The van der Waals surface area contributed by atoms with Crippen LogP contribution in [0.25, 0.3) is 11.0 Å². The summed E-state index contributed by atoms with van der Waals surface area (Å²) in [4.78, 5) is 27.9. The summed E-state index contributed by atoms with van der Waals surface area (Å²) in [6, 6.07) is 12.3. The molecule has 0 radical (unpaired) electrons. The molecule has 2 aromatic carbocycles. The van der Waals surface area contributed by atoms with Crippen molar-refractivity contribution in [2.45, 2.75) is 6.92 Å². The van der Waals surface area contributed by atoms with Gasteiger partial charge in [0.2, 0.25) is 0 Å². The summed E-state index contributed by atoms with van der Waals surface area (Å²) in [5.41, 5.74) is 1.74. The van der Waals surface area contributed by atoms with Crippen LogP contribution in [-0.2, 0) is 7.05 Å². The number of nitrogens with one attached hydrogen (secondary N) is 1. The van der Waals surface area contributed by atoms with Crippen LogP contribution in [0.1, 0.15) is 26.5 Å². The molecule has 31 heavy (non-hydrogen) atoms. The Kier molecular flexibility index (Phi) is 5.16. The lowest BCUT2D eigenvalue weighted by Crippen LogP contribution is -2.20. The zero-order valence-corrected chi connectivity index (χ0v) is 17.5. The SMILES string of the molecule is Cc1ccc(Oc2cc(C(=O)Nc3cnn(C)n3)cc3oc(C(=O)N(C)C)cc23)cc1. The van der Waals surface area contributed by atoms with E-state index in [1.807, 2.05) is 31.2 Å². The first kappa shape index (κ1) is 20.1. The molecule has 1 N–H and O–H groups in total. The summed E-state index contributed by atoms with van der Waals surface area (Å²) in [6.07, 6.45) is 1.45. The van der Waals surface area contributed by atoms with Gasteiger partial charge in [-0.15, -0.1) is 5.10 Å². The highest BCUT2D eigenvalue weighted by molar-refractivity contribution is 6.07. The molecule has 2 heterocycles. The van der Waals surface area contributed by atoms with Crippen LogP contribution in [0.3, 0.4) is 0 Å². The van der Waals surface area contributed by atoms with Crippen LogP contribution in [0.15, 0.2) is 53.1 Å². The van der Waals surface area contributed by atoms with E-state index >= 15 is 0 Å². The third-order valence-corrected chi connectivity index (χ3v) is 4.57. The molecule has 4 rings (SSSR count). The molecule has 0 fully saturated rings. The Bertz CT molecular complexity index is 1270. The predicted molar refractivity (Wildman–Crippen MR) is 114 cm³/mol. The minimum atomic E-state index is -0.409. The fourth-order valence-corrected chi connectivity index (χ4v) is 2.97. The normalized spacial score (nSPS) is 10.8. The number of furan rings is 1. The molecule has 158 valence electrons. The van der Waals surface area contributed by atoms with Crippen LogP contribution in [0.4, 0.5) is 5.82 Å². The maximum atomic E-state index is 12.8. The van der Waals surface area contributed by atoms with Gasteiger partial charge in [-0.05, 0) is 31.2 Å². The monoisotopic (exact) mass is 419 g/mol. The lowest BCUT2D eigenvalue weighted by Gasteiger charge is -2.09. The molecule has 0 atom stereocenters. The lowest BCUT2D eigenvalue weighted by atomic mass is 10.1. The third-order valence-electron chi connectivity index (χ3n) is 4.57. The van der Waals surface area contributed by atoms with Crippen LogP contribution in [-0.4, -0.2) is 45.8 Å². The van der Waals surface area contributed by atoms with Crippen LogP contribution in [0.5, 0.6) is 11.5 Å². The van der Waals surface area contributed by atoms with Crippen LogP contribution >= 0.6 is 0 Å². The Morgan fingerprint density at radius 2 is 1.87 bits per heavy atom. The van der Waals surface area contributed by atoms with E-state index in [4.69, 9.17) is 9.15 Å². The molecule has 2 aromatic heterocycles. The number of hydrogen-bond acceptors (Lipinski definition) is 6. The number of amides is 2. The van der Waals surface area contributed by atoms with Gasteiger partial charge in [-0.2, -0.15) is 9.90 Å². The summed E-state index contributed by atoms with van der Waals surface area (Å²) in [7, 11) is 4.93. The number of benzene rings is 2. The lowest BCUT2D eigenvalue weighted by molar-refractivity contribution is 0.0799. The molecule has 4 aromatic rings. The largest absolute Gasteiger partial charge is 0.457 e. The smallest absolute Gasteiger partial charge is 0.289 e. The Morgan fingerprint density at radius 1 is 1.13 bits per heavy atom. The number of fused-ring (bicyclic) bond motifs is 1. The van der Waals surface area contributed by atoms with E-state index in [0.29, 0.717) is 33.8 Å². The highest BCUT2D eigenvalue weighted by Gasteiger charge is 2.20. The van der Waals surface area contributed by atoms with Gasteiger partial charge in [0.05, 0.1) is 11.6 Å². The molecular formula is C22H21N5O4. The zero-order chi connectivity index (χ0) is 22.1. The van der Waals surface area contributed by atoms with Crippen molar-refractivity contribution in [1.82, 2.24) is 19.9 Å². The van der Waals surface area contributed by atoms with Gasteiger partial charge in [-0.3, -0.25) is 9.59 Å². The van der Waals surface area contributed by atoms with Crippen molar-refractivity contribution >= 4 is 28.6 Å². The zero-order valence-electron chi connectivity index (χ0n) is 17.5. The van der Waals surface area contributed by atoms with Crippen LogP contribution < -0.4 is 10.1 Å². The van der Waals surface area contributed by atoms with Gasteiger partial charge < -0.3 is 19.4 Å². The molecule has 9 heteroatoms. The molecule has 0 saturated carbocycles. The summed E-state index contributed by atoms with van der Waals surface area (Å²) < 4.78 is 11.8. The van der Waals surface area contributed by atoms with E-state index in [1.54, 1.807) is 39.3 Å². The summed E-state index contributed by atoms with van der Waals surface area (Å²) >= 11 is 0. The second kappa shape index (κ2) is 7.94. The number of hydrogen-bond donors (Lipinski definition) is 1. The number of nitrogens with zero attached hydrogens (tertiary/aromatic N) is 4. The van der Waals surface area contributed by atoms with E-state index in [-0.39, 0.29) is 11.7 Å². The summed E-state index contributed by atoms with van der Waals surface area (Å²) in [5.74, 6) is 0.764. The van der Waals surface area contributed by atoms with Crippen LogP contribution in [0, 0.1) is 6.92 Å². The van der Waals surface area contributed by atoms with Gasteiger partial charge in [0.1, 0.15) is 17.1 Å². The number of carbonyl (C=O) groups is 2. The first-order chi connectivity index (χ1) is 14.8. The van der Waals surface area contributed by atoms with Crippen molar-refractivity contribution in [1.29, 1.82) is 0 Å². The molecule has 0 aliphatic heterocycles. The Balaban J connectivity index is 1.76. The molecule has 0 spiro atoms. The maximum absolute atomic E-state index is 12.8. The number of rotatable bonds is 5. The van der Waals surface area contributed by atoms with Crippen molar-refractivity contribution in [2.75, 3.05) is 19.4 Å². The van der Waals surface area contributed by atoms with E-state index in [0.717, 1.165) is 5.56 Å². The molecule has 0 aliphatic rings. The minimum absolute atomic E-state index is 0.153. The highest BCUT2D eigenvalue weighted by atomic mass is 16.5. The first-order valence-corrected chi connectivity index (χ1v) is 9.51. The van der Waals surface area contributed by atoms with Gasteiger partial charge in [-0.25, -0.2) is 0 Å². The van der Waals surface area contributed by atoms with E-state index in [1.165, 1.54) is 15.9 Å². The Labute approximate surface area is 178 Å². The van der Waals surface area contributed by atoms with Gasteiger partial charge >= 0.3 is 0 Å². The Morgan fingerprint density at radius 3 is 2.52 bits per heavy atom. The molecule has 9 nitrogen and oxygen atoms in total. The third kappa shape index (κ3) is 4.25. The molecular weight excluding hydrogens is 398 g/mol. The first-order valence-electron chi connectivity index (χ1n) is 9.51. The maximum Gasteiger partial charge on any atom is 0.289 e. The number of carbonyl (C=O) groups excluding carboxylic acids is 2. The number of aryl methyl sites for hydroxylation is 2. The number of ether oxygens (including phenoxy) is 1. The van der Waals surface area contributed by atoms with Gasteiger partial charge in [-0.1, -0.05) is 17.7 Å². The number of anilines is 1. The van der Waals surface area contributed by atoms with Crippen LogP contribution in [0.2, 0.25) is 0 Å². The van der Waals surface area contributed by atoms with Crippen molar-refractivity contribution in [3.63, 3.8) is 0 Å². The molecule has 0 unspecified atom stereocenters. The standard InChI is InChI=1S/C22H21N5O4/c1-13-5-7-15(8-6-13)30-17-9-14(21(28)24-20-12-23-27(4)25-20)10-18-16(17)11-19(31-18)22(29)26(2)3/h5-12H,1-4H3,(H,24,25,28). The van der Waals surface area contributed by atoms with Crippen molar-refractivity contribution < 1.29 is 18.7 Å². The van der Waals surface area contributed by atoms with Crippen molar-refractivity contribution in [2.24, 2.45) is 7.05 Å². The Hall–Kier alpha value is -4.14. The van der Waals surface area contributed by atoms with E-state index in [2.05, 4.69) is 15.5 Å². The molecule has 0 bridgehead atoms. The summed E-state index contributed by atoms with van der Waals surface area (Å²) in [6.45, 7) is 1.98. The van der Waals surface area contributed by atoms with E-state index in [9.17, 15) is 9.59 Å².